The molecule has 0 saturated carbocycles. The highest BCUT2D eigenvalue weighted by molar-refractivity contribution is 8.05. The predicted octanol–water partition coefficient (Wildman–Crippen LogP) is 2.37. The van der Waals surface area contributed by atoms with Crippen molar-refractivity contribution in [3.63, 3.8) is 0 Å². The second-order valence-corrected chi connectivity index (χ2v) is 7.65. The number of allylic oxidation sites excluding steroid dienone is 3. The molecule has 1 aromatic rings. The first-order chi connectivity index (χ1) is 13.1. The van der Waals surface area contributed by atoms with Gasteiger partial charge in [0.2, 0.25) is 5.91 Å². The van der Waals surface area contributed by atoms with Crippen molar-refractivity contribution < 1.29 is 9.59 Å². The molecule has 27 heavy (non-hydrogen) atoms. The van der Waals surface area contributed by atoms with E-state index in [4.69, 9.17) is 0 Å². The first-order valence-corrected chi connectivity index (χ1v) is 9.86. The predicted molar refractivity (Wildman–Crippen MR) is 111 cm³/mol. The molecule has 1 aliphatic carbocycles. The van der Waals surface area contributed by atoms with Crippen LogP contribution in [-0.4, -0.2) is 54.4 Å². The topological polar surface area (TPSA) is 61.8 Å². The number of hydrogen-bond donors (Lipinski definition) is 1. The minimum atomic E-state index is -0.346. The van der Waals surface area contributed by atoms with Gasteiger partial charge in [0.25, 0.3) is 5.91 Å². The highest BCUT2D eigenvalue weighted by Gasteiger charge is 2.26. The number of hydrogen-bond acceptors (Lipinski definition) is 4. The van der Waals surface area contributed by atoms with Crippen LogP contribution in [0.15, 0.2) is 70.6 Å². The monoisotopic (exact) mass is 381 g/mol. The Bertz CT molecular complexity index is 812. The number of likely N-dealkylation sites (N-methyl/N-ethyl adjacent to an activating group) is 1. The summed E-state index contributed by atoms with van der Waals surface area (Å²) in [5, 5.41) is 2.86. The van der Waals surface area contributed by atoms with E-state index in [-0.39, 0.29) is 17.1 Å². The number of benzene rings is 1. The van der Waals surface area contributed by atoms with Crippen LogP contribution >= 0.6 is 11.8 Å². The molecule has 0 spiro atoms. The molecule has 1 heterocycles. The molecule has 1 N–H and O–H groups in total. The molecule has 6 heteroatoms. The van der Waals surface area contributed by atoms with Crippen molar-refractivity contribution in [2.24, 2.45) is 4.99 Å². The molecule has 0 bridgehead atoms. The van der Waals surface area contributed by atoms with E-state index in [0.29, 0.717) is 11.4 Å². The van der Waals surface area contributed by atoms with Gasteiger partial charge in [-0.25, -0.2) is 4.99 Å². The zero-order chi connectivity index (χ0) is 19.1. The summed E-state index contributed by atoms with van der Waals surface area (Å²) < 4.78 is 0. The number of rotatable bonds is 7. The van der Waals surface area contributed by atoms with Crippen LogP contribution in [0.5, 0.6) is 0 Å². The van der Waals surface area contributed by atoms with Crippen LogP contribution in [-0.2, 0) is 16.0 Å². The molecule has 140 valence electrons. The van der Waals surface area contributed by atoms with E-state index in [1.54, 1.807) is 0 Å². The Labute approximate surface area is 163 Å². The lowest BCUT2D eigenvalue weighted by Crippen LogP contribution is -2.33. The normalized spacial score (nSPS) is 19.9. The number of nitrogens with one attached hydrogen (secondary N) is 1. The number of fused-ring (bicyclic) bond motifs is 1. The number of carbonyl (C=O) groups is 2. The summed E-state index contributed by atoms with van der Waals surface area (Å²) in [6, 6.07) is 10.3. The Morgan fingerprint density at radius 3 is 2.89 bits per heavy atom. The second-order valence-electron chi connectivity index (χ2n) is 6.46. The molecule has 1 aliphatic heterocycles. The first-order valence-electron chi connectivity index (χ1n) is 8.98. The van der Waals surface area contributed by atoms with Gasteiger partial charge in [-0.05, 0) is 25.1 Å². The van der Waals surface area contributed by atoms with Crippen molar-refractivity contribution in [2.45, 2.75) is 11.7 Å². The maximum Gasteiger partial charge on any atom is 0.283 e. The fraction of sp³-hybridized carbons (Fsp3) is 0.286. The van der Waals surface area contributed by atoms with Crippen molar-refractivity contribution in [3.05, 3.63) is 71.2 Å². The van der Waals surface area contributed by atoms with Gasteiger partial charge in [-0.15, -0.1) is 11.8 Å². The van der Waals surface area contributed by atoms with E-state index in [9.17, 15) is 9.59 Å². The average Bonchev–Trinajstić information content (AvgIpc) is 2.68. The molecule has 0 radical (unpaired) electrons. The smallest absolute Gasteiger partial charge is 0.283 e. The van der Waals surface area contributed by atoms with E-state index in [2.05, 4.69) is 27.3 Å². The Hall–Kier alpha value is -2.44. The lowest BCUT2D eigenvalue weighted by Gasteiger charge is -2.20. The minimum absolute atomic E-state index is 0.0101. The van der Waals surface area contributed by atoms with Gasteiger partial charge in [-0.3, -0.25) is 9.59 Å². The zero-order valence-corrected chi connectivity index (χ0v) is 16.1. The Kier molecular flexibility index (Phi) is 6.79. The molecule has 0 aromatic heterocycles. The molecule has 0 saturated heterocycles. The minimum Gasteiger partial charge on any atom is -0.351 e. The van der Waals surface area contributed by atoms with Gasteiger partial charge in [0.05, 0.1) is 15.9 Å². The summed E-state index contributed by atoms with van der Waals surface area (Å²) in [6.45, 7) is 2.21. The van der Waals surface area contributed by atoms with E-state index in [0.717, 1.165) is 25.2 Å². The fourth-order valence-electron chi connectivity index (χ4n) is 2.78. The third kappa shape index (κ3) is 5.77. The van der Waals surface area contributed by atoms with Crippen LogP contribution in [0.2, 0.25) is 0 Å². The Morgan fingerprint density at radius 1 is 1.26 bits per heavy atom. The molecule has 2 amide bonds. The van der Waals surface area contributed by atoms with E-state index >= 15 is 0 Å². The molecule has 0 fully saturated rings. The van der Waals surface area contributed by atoms with Gasteiger partial charge in [0.15, 0.2) is 0 Å². The molecular formula is C21H23N3O2S. The van der Waals surface area contributed by atoms with Crippen molar-refractivity contribution >= 4 is 29.3 Å². The zero-order valence-electron chi connectivity index (χ0n) is 15.3. The van der Waals surface area contributed by atoms with E-state index < -0.39 is 0 Å². The highest BCUT2D eigenvalue weighted by atomic mass is 32.2. The van der Waals surface area contributed by atoms with Gasteiger partial charge < -0.3 is 10.2 Å². The number of nitrogens with zero attached hydrogens (tertiary/aromatic N) is 2. The summed E-state index contributed by atoms with van der Waals surface area (Å²) >= 11 is 1.37. The Morgan fingerprint density at radius 2 is 2.07 bits per heavy atom. The number of aliphatic imine (C=N–C) groups is 1. The number of thioether (sulfide) groups is 1. The molecule has 1 unspecified atom stereocenters. The van der Waals surface area contributed by atoms with Crippen LogP contribution in [0.1, 0.15) is 5.56 Å². The van der Waals surface area contributed by atoms with Gasteiger partial charge in [-0.2, -0.15) is 0 Å². The van der Waals surface area contributed by atoms with Crippen LogP contribution in [0.25, 0.3) is 0 Å². The summed E-state index contributed by atoms with van der Waals surface area (Å²) in [5.41, 5.74) is 2.04. The number of carbonyl (C=O) groups excluding carboxylic acids is 2. The van der Waals surface area contributed by atoms with Crippen molar-refractivity contribution in [1.82, 2.24) is 10.2 Å². The summed E-state index contributed by atoms with van der Waals surface area (Å²) in [6.07, 6.45) is 9.93. The molecular weight excluding hydrogens is 358 g/mol. The number of amides is 2. The highest BCUT2D eigenvalue weighted by Crippen LogP contribution is 2.31. The summed E-state index contributed by atoms with van der Waals surface area (Å²) in [5.74, 6) is -0.599. The van der Waals surface area contributed by atoms with Crippen LogP contribution in [0, 0.1) is 0 Å². The van der Waals surface area contributed by atoms with Crippen molar-refractivity contribution in [2.75, 3.05) is 26.7 Å². The second kappa shape index (κ2) is 9.48. The maximum atomic E-state index is 12.1. The van der Waals surface area contributed by atoms with Gasteiger partial charge in [0.1, 0.15) is 0 Å². The van der Waals surface area contributed by atoms with Gasteiger partial charge >= 0.3 is 0 Å². The summed E-state index contributed by atoms with van der Waals surface area (Å²) in [7, 11) is 2.03. The van der Waals surface area contributed by atoms with E-state index in [1.165, 1.54) is 23.4 Å². The lowest BCUT2D eigenvalue weighted by molar-refractivity contribution is -0.117. The third-order valence-corrected chi connectivity index (χ3v) is 5.53. The first kappa shape index (κ1) is 19.3. The van der Waals surface area contributed by atoms with Crippen LogP contribution in [0.4, 0.5) is 0 Å². The van der Waals surface area contributed by atoms with Crippen LogP contribution in [0.3, 0.4) is 0 Å². The molecule has 3 rings (SSSR count). The molecule has 2 aliphatic rings. The van der Waals surface area contributed by atoms with Crippen molar-refractivity contribution in [3.8, 4) is 0 Å². The third-order valence-electron chi connectivity index (χ3n) is 4.33. The maximum absolute atomic E-state index is 12.1. The van der Waals surface area contributed by atoms with Crippen LogP contribution < -0.4 is 5.32 Å². The summed E-state index contributed by atoms with van der Waals surface area (Å²) in [4.78, 5) is 30.8. The average molecular weight is 382 g/mol. The Balaban J connectivity index is 1.42. The van der Waals surface area contributed by atoms with Gasteiger partial charge in [0, 0.05) is 25.7 Å². The van der Waals surface area contributed by atoms with Gasteiger partial charge in [-0.1, -0.05) is 48.6 Å². The fourth-order valence-corrected chi connectivity index (χ4v) is 3.80. The molecule has 5 nitrogen and oxygen atoms in total. The lowest BCUT2D eigenvalue weighted by atomic mass is 10.1. The quantitative estimate of drug-likeness (QED) is 0.737. The van der Waals surface area contributed by atoms with E-state index in [1.807, 2.05) is 49.6 Å². The largest absolute Gasteiger partial charge is 0.351 e. The SMILES string of the molecule is CN(CCNC(=O)/C=C1\SC2C=CC=CC2=NC1=O)CCc1ccccc1. The molecule has 1 atom stereocenters. The molecule has 1 aromatic carbocycles. The van der Waals surface area contributed by atoms with Crippen molar-refractivity contribution in [1.29, 1.82) is 0 Å². The standard InChI is InChI=1S/C21H23N3O2S/c1-24(13-11-16-7-3-2-4-8-16)14-12-22-20(25)15-19-21(26)23-17-9-5-6-10-18(17)27-19/h2-10,15,18H,11-14H2,1H3,(H,22,25)/b19-15-.